The van der Waals surface area contributed by atoms with Crippen molar-refractivity contribution in [2.24, 2.45) is 0 Å². The summed E-state index contributed by atoms with van der Waals surface area (Å²) in [5, 5.41) is 0.844. The molecule has 0 radical (unpaired) electrons. The number of aromatic nitrogens is 2. The molecule has 0 amide bonds. The fraction of sp³-hybridized carbons (Fsp3) is 0.667. The second kappa shape index (κ2) is 5.98. The summed E-state index contributed by atoms with van der Waals surface area (Å²) in [5.41, 5.74) is 0.286. The second-order valence-corrected chi connectivity index (χ2v) is 4.58. The van der Waals surface area contributed by atoms with Crippen molar-refractivity contribution in [3.63, 3.8) is 0 Å². The molecule has 0 saturated heterocycles. The highest BCUT2D eigenvalue weighted by Crippen LogP contribution is 2.33. The van der Waals surface area contributed by atoms with Gasteiger partial charge in [-0.2, -0.15) is 0 Å². The minimum atomic E-state index is -0.500. The van der Waals surface area contributed by atoms with E-state index in [9.17, 15) is 0 Å². The predicted molar refractivity (Wildman–Crippen MR) is 70.7 cm³/mol. The van der Waals surface area contributed by atoms with E-state index in [1.165, 1.54) is 0 Å². The minimum absolute atomic E-state index is 0.422. The van der Waals surface area contributed by atoms with Crippen molar-refractivity contribution in [3.8, 4) is 0 Å². The number of rotatable bonds is 5. The van der Waals surface area contributed by atoms with Gasteiger partial charge in [-0.25, -0.2) is 9.97 Å². The lowest BCUT2D eigenvalue weighted by Gasteiger charge is -2.28. The van der Waals surface area contributed by atoms with Crippen LogP contribution in [-0.2, 0) is 16.8 Å². The fourth-order valence-electron chi connectivity index (χ4n) is 1.87. The molecule has 3 nitrogen and oxygen atoms in total. The van der Waals surface area contributed by atoms with Gasteiger partial charge in [0.25, 0.3) is 0 Å². The first-order chi connectivity index (χ1) is 8.04. The molecule has 0 aliphatic carbocycles. The molecule has 1 aromatic rings. The maximum Gasteiger partial charge on any atom is 0.163 e. The molecule has 0 spiro atoms. The first-order valence-electron chi connectivity index (χ1n) is 5.82. The Morgan fingerprint density at radius 3 is 1.82 bits per heavy atom. The molecular formula is C12H18Cl2N2O. The molecule has 0 aliphatic rings. The van der Waals surface area contributed by atoms with E-state index in [1.807, 2.05) is 20.8 Å². The van der Waals surface area contributed by atoms with Gasteiger partial charge in [-0.15, -0.1) is 0 Å². The Balaban J connectivity index is 3.32. The molecule has 0 aromatic carbocycles. The van der Waals surface area contributed by atoms with Crippen LogP contribution in [-0.4, -0.2) is 17.1 Å². The third kappa shape index (κ3) is 2.72. The summed E-state index contributed by atoms with van der Waals surface area (Å²) in [6.45, 7) is 6.04. The Hall–Kier alpha value is -0.380. The average molecular weight is 277 g/mol. The number of ether oxygens (including phenoxy) is 1. The molecule has 1 heterocycles. The van der Waals surface area contributed by atoms with E-state index in [4.69, 9.17) is 27.9 Å². The molecule has 96 valence electrons. The molecule has 0 saturated carbocycles. The normalized spacial score (nSPS) is 11.9. The van der Waals surface area contributed by atoms with Crippen molar-refractivity contribution in [2.45, 2.75) is 45.6 Å². The zero-order chi connectivity index (χ0) is 13.1. The smallest absolute Gasteiger partial charge is 0.163 e. The lowest BCUT2D eigenvalue weighted by atomic mass is 9.96. The van der Waals surface area contributed by atoms with Crippen LogP contribution in [0.1, 0.15) is 45.0 Å². The highest BCUT2D eigenvalue weighted by Gasteiger charge is 2.32. The van der Waals surface area contributed by atoms with Crippen LogP contribution < -0.4 is 0 Å². The second-order valence-electron chi connectivity index (χ2n) is 3.87. The van der Waals surface area contributed by atoms with E-state index in [-0.39, 0.29) is 0 Å². The molecule has 0 N–H and O–H groups in total. The zero-order valence-electron chi connectivity index (χ0n) is 10.7. The van der Waals surface area contributed by atoms with Gasteiger partial charge < -0.3 is 4.74 Å². The quantitative estimate of drug-likeness (QED) is 0.763. The number of hydrogen-bond donors (Lipinski definition) is 0. The maximum absolute atomic E-state index is 6.12. The highest BCUT2D eigenvalue weighted by atomic mass is 35.5. The topological polar surface area (TPSA) is 35.0 Å². The summed E-state index contributed by atoms with van der Waals surface area (Å²) >= 11 is 12.2. The monoisotopic (exact) mass is 276 g/mol. The van der Waals surface area contributed by atoms with Crippen LogP contribution in [0.3, 0.4) is 0 Å². The van der Waals surface area contributed by atoms with Gasteiger partial charge in [0.15, 0.2) is 5.82 Å². The standard InChI is InChI=1S/C12H18Cl2N2O/c1-5-8-9(13)15-11(16-10(8)14)12(6-2,7-3)17-4/h5-7H2,1-4H3. The highest BCUT2D eigenvalue weighted by molar-refractivity contribution is 6.34. The van der Waals surface area contributed by atoms with E-state index in [0.717, 1.165) is 24.8 Å². The molecule has 17 heavy (non-hydrogen) atoms. The Labute approximate surface area is 113 Å². The van der Waals surface area contributed by atoms with Crippen molar-refractivity contribution < 1.29 is 4.74 Å². The molecule has 5 heteroatoms. The van der Waals surface area contributed by atoms with E-state index in [2.05, 4.69) is 9.97 Å². The van der Waals surface area contributed by atoms with Crippen LogP contribution in [0.15, 0.2) is 0 Å². The molecule has 0 fully saturated rings. The van der Waals surface area contributed by atoms with Crippen molar-refractivity contribution in [1.29, 1.82) is 0 Å². The van der Waals surface area contributed by atoms with Gasteiger partial charge >= 0.3 is 0 Å². The fourth-order valence-corrected chi connectivity index (χ4v) is 2.53. The third-order valence-electron chi connectivity index (χ3n) is 3.20. The SMILES string of the molecule is CCc1c(Cl)nc(C(CC)(CC)OC)nc1Cl. The summed E-state index contributed by atoms with van der Waals surface area (Å²) < 4.78 is 5.56. The Bertz CT molecular complexity index is 361. The summed E-state index contributed by atoms with van der Waals surface area (Å²) in [5.74, 6) is 0.567. The number of halogens is 2. The molecule has 0 bridgehead atoms. The van der Waals surface area contributed by atoms with E-state index in [1.54, 1.807) is 7.11 Å². The van der Waals surface area contributed by atoms with Crippen LogP contribution >= 0.6 is 23.2 Å². The van der Waals surface area contributed by atoms with Crippen molar-refractivity contribution >= 4 is 23.2 Å². The Kier molecular flexibility index (Phi) is 5.17. The predicted octanol–water partition coefficient (Wildman–Crippen LogP) is 4.01. The van der Waals surface area contributed by atoms with Crippen LogP contribution in [0.25, 0.3) is 0 Å². The Morgan fingerprint density at radius 2 is 1.53 bits per heavy atom. The lowest BCUT2D eigenvalue weighted by Crippen LogP contribution is -2.29. The van der Waals surface area contributed by atoms with Gasteiger partial charge in [-0.1, -0.05) is 44.0 Å². The summed E-state index contributed by atoms with van der Waals surface area (Å²) in [4.78, 5) is 8.67. The Morgan fingerprint density at radius 1 is 1.06 bits per heavy atom. The van der Waals surface area contributed by atoms with E-state index in [0.29, 0.717) is 16.1 Å². The van der Waals surface area contributed by atoms with E-state index < -0.39 is 5.60 Å². The summed E-state index contributed by atoms with van der Waals surface area (Å²) in [7, 11) is 1.66. The third-order valence-corrected chi connectivity index (χ3v) is 3.83. The molecule has 1 aromatic heterocycles. The first-order valence-corrected chi connectivity index (χ1v) is 6.57. The summed E-state index contributed by atoms with van der Waals surface area (Å²) in [6, 6.07) is 0. The number of methoxy groups -OCH3 is 1. The maximum atomic E-state index is 6.12. The van der Waals surface area contributed by atoms with Gasteiger partial charge in [-0.05, 0) is 19.3 Å². The molecule has 0 atom stereocenters. The molecule has 1 rings (SSSR count). The van der Waals surface area contributed by atoms with Gasteiger partial charge in [0.05, 0.1) is 0 Å². The zero-order valence-corrected chi connectivity index (χ0v) is 12.2. The molecule has 0 aliphatic heterocycles. The van der Waals surface area contributed by atoms with Crippen molar-refractivity contribution in [3.05, 3.63) is 21.7 Å². The van der Waals surface area contributed by atoms with E-state index >= 15 is 0 Å². The summed E-state index contributed by atoms with van der Waals surface area (Å²) in [6.07, 6.45) is 2.27. The minimum Gasteiger partial charge on any atom is -0.370 e. The molecule has 0 unspecified atom stereocenters. The van der Waals surface area contributed by atoms with Gasteiger partial charge in [-0.3, -0.25) is 0 Å². The van der Waals surface area contributed by atoms with Crippen molar-refractivity contribution in [2.75, 3.05) is 7.11 Å². The van der Waals surface area contributed by atoms with Crippen LogP contribution in [0, 0.1) is 0 Å². The average Bonchev–Trinajstić information content (AvgIpc) is 2.32. The van der Waals surface area contributed by atoms with Crippen LogP contribution in [0.5, 0.6) is 0 Å². The van der Waals surface area contributed by atoms with Crippen molar-refractivity contribution in [1.82, 2.24) is 9.97 Å². The number of hydrogen-bond acceptors (Lipinski definition) is 3. The first kappa shape index (κ1) is 14.7. The largest absolute Gasteiger partial charge is 0.370 e. The van der Waals surface area contributed by atoms with Gasteiger partial charge in [0.2, 0.25) is 0 Å². The molecular weight excluding hydrogens is 259 g/mol. The van der Waals surface area contributed by atoms with Gasteiger partial charge in [0.1, 0.15) is 15.9 Å². The van der Waals surface area contributed by atoms with Crippen LogP contribution in [0.4, 0.5) is 0 Å². The number of nitrogens with zero attached hydrogens (tertiary/aromatic N) is 2. The van der Waals surface area contributed by atoms with Gasteiger partial charge in [0, 0.05) is 12.7 Å². The van der Waals surface area contributed by atoms with Crippen LogP contribution in [0.2, 0.25) is 10.3 Å². The lowest BCUT2D eigenvalue weighted by molar-refractivity contribution is -0.0291.